The van der Waals surface area contributed by atoms with Crippen LogP contribution in [-0.4, -0.2) is 52.6 Å². The molecule has 4 rings (SSSR count). The molecule has 1 N–H and O–H groups in total. The minimum Gasteiger partial charge on any atom is -0.496 e. The van der Waals surface area contributed by atoms with Gasteiger partial charge in [0.15, 0.2) is 5.75 Å². The summed E-state index contributed by atoms with van der Waals surface area (Å²) >= 11 is 6.12. The lowest BCUT2D eigenvalue weighted by molar-refractivity contribution is 0.0300. The summed E-state index contributed by atoms with van der Waals surface area (Å²) in [6.45, 7) is 1.68. The van der Waals surface area contributed by atoms with Gasteiger partial charge in [-0.1, -0.05) is 29.8 Å². The molecule has 0 aliphatic carbocycles. The van der Waals surface area contributed by atoms with E-state index in [1.165, 1.54) is 31.4 Å². The van der Waals surface area contributed by atoms with E-state index in [9.17, 15) is 13.2 Å². The third-order valence-electron chi connectivity index (χ3n) is 5.17. The first-order chi connectivity index (χ1) is 16.4. The van der Waals surface area contributed by atoms with Gasteiger partial charge in [-0.3, -0.25) is 9.52 Å². The fourth-order valence-corrected chi connectivity index (χ4v) is 4.71. The molecule has 34 heavy (non-hydrogen) atoms. The molecule has 1 amide bonds. The highest BCUT2D eigenvalue weighted by Gasteiger charge is 2.25. The third kappa shape index (κ3) is 5.44. The Morgan fingerprint density at radius 1 is 1.00 bits per heavy atom. The number of hydrogen-bond donors (Lipinski definition) is 1. The van der Waals surface area contributed by atoms with Crippen LogP contribution in [0.2, 0.25) is 5.02 Å². The van der Waals surface area contributed by atoms with Gasteiger partial charge in [0, 0.05) is 18.1 Å². The van der Waals surface area contributed by atoms with Crippen LogP contribution in [0, 0.1) is 0 Å². The molecule has 0 bridgehead atoms. The number of anilines is 1. The fraction of sp³-hybridized carbons (Fsp3) is 0.208. The molecule has 3 aromatic rings. The van der Waals surface area contributed by atoms with E-state index in [1.54, 1.807) is 41.3 Å². The van der Waals surface area contributed by atoms with Crippen LogP contribution >= 0.6 is 11.6 Å². The Labute approximate surface area is 203 Å². The van der Waals surface area contributed by atoms with Crippen molar-refractivity contribution in [1.82, 2.24) is 4.90 Å². The first-order valence-corrected chi connectivity index (χ1v) is 12.3. The number of para-hydroxylation sites is 1. The van der Waals surface area contributed by atoms with Crippen molar-refractivity contribution in [1.29, 1.82) is 0 Å². The molecule has 1 aliphatic rings. The Kier molecular flexibility index (Phi) is 7.26. The van der Waals surface area contributed by atoms with E-state index in [0.29, 0.717) is 37.1 Å². The Balaban J connectivity index is 1.65. The highest BCUT2D eigenvalue weighted by Crippen LogP contribution is 2.34. The zero-order valence-corrected chi connectivity index (χ0v) is 19.9. The van der Waals surface area contributed by atoms with Crippen molar-refractivity contribution in [2.24, 2.45) is 0 Å². The van der Waals surface area contributed by atoms with Gasteiger partial charge >= 0.3 is 0 Å². The van der Waals surface area contributed by atoms with E-state index in [2.05, 4.69) is 4.72 Å². The largest absolute Gasteiger partial charge is 0.496 e. The number of carbonyl (C=O) groups excluding carboxylic acids is 1. The number of nitrogens with one attached hydrogen (secondary N) is 1. The van der Waals surface area contributed by atoms with Crippen molar-refractivity contribution >= 4 is 33.2 Å². The predicted octanol–water partition coefficient (Wildman–Crippen LogP) is 4.41. The lowest BCUT2D eigenvalue weighted by atomic mass is 10.1. The number of ether oxygens (including phenoxy) is 3. The number of benzene rings is 3. The van der Waals surface area contributed by atoms with Crippen LogP contribution in [0.5, 0.6) is 17.2 Å². The molecule has 0 unspecified atom stereocenters. The minimum absolute atomic E-state index is 0.101. The Morgan fingerprint density at radius 3 is 2.41 bits per heavy atom. The smallest absolute Gasteiger partial charge is 0.262 e. The van der Waals surface area contributed by atoms with Gasteiger partial charge in [-0.2, -0.15) is 0 Å². The number of amides is 1. The van der Waals surface area contributed by atoms with Crippen LogP contribution in [-0.2, 0) is 14.8 Å². The summed E-state index contributed by atoms with van der Waals surface area (Å²) in [5, 5.41) is 0.330. The van der Waals surface area contributed by atoms with E-state index < -0.39 is 10.0 Å². The maximum absolute atomic E-state index is 13.3. The van der Waals surface area contributed by atoms with Crippen molar-refractivity contribution in [2.75, 3.05) is 38.1 Å². The second-order valence-corrected chi connectivity index (χ2v) is 9.55. The Bertz CT molecular complexity index is 1280. The van der Waals surface area contributed by atoms with Crippen molar-refractivity contribution < 1.29 is 27.4 Å². The lowest BCUT2D eigenvalue weighted by Crippen LogP contribution is -2.40. The van der Waals surface area contributed by atoms with Gasteiger partial charge in [0.05, 0.1) is 36.5 Å². The zero-order chi connectivity index (χ0) is 24.1. The van der Waals surface area contributed by atoms with Crippen LogP contribution in [0.3, 0.4) is 0 Å². The zero-order valence-electron chi connectivity index (χ0n) is 18.4. The van der Waals surface area contributed by atoms with Gasteiger partial charge in [0.25, 0.3) is 15.9 Å². The van der Waals surface area contributed by atoms with E-state index in [0.717, 1.165) is 0 Å². The molecular weight excluding hydrogens is 480 g/mol. The molecule has 8 nitrogen and oxygen atoms in total. The lowest BCUT2D eigenvalue weighted by Gasteiger charge is -2.27. The van der Waals surface area contributed by atoms with Gasteiger partial charge in [0.2, 0.25) is 0 Å². The molecule has 1 fully saturated rings. The SMILES string of the molecule is COc1ccc(S(=O)(=O)Nc2cc(Cl)ccc2Oc2ccccc2)cc1C(=O)N1CCOCC1. The number of carbonyl (C=O) groups is 1. The van der Waals surface area contributed by atoms with Gasteiger partial charge in [-0.15, -0.1) is 0 Å². The topological polar surface area (TPSA) is 94.2 Å². The summed E-state index contributed by atoms with van der Waals surface area (Å²) in [6.07, 6.45) is 0. The molecule has 1 aliphatic heterocycles. The van der Waals surface area contributed by atoms with Gasteiger partial charge < -0.3 is 19.1 Å². The van der Waals surface area contributed by atoms with Crippen LogP contribution in [0.4, 0.5) is 5.69 Å². The van der Waals surface area contributed by atoms with Crippen LogP contribution in [0.1, 0.15) is 10.4 Å². The molecule has 10 heteroatoms. The van der Waals surface area contributed by atoms with Crippen LogP contribution < -0.4 is 14.2 Å². The predicted molar refractivity (Wildman–Crippen MR) is 128 cm³/mol. The maximum atomic E-state index is 13.3. The van der Waals surface area contributed by atoms with Crippen molar-refractivity contribution in [3.8, 4) is 17.2 Å². The summed E-state index contributed by atoms with van der Waals surface area (Å²) < 4.78 is 45.5. The number of hydrogen-bond acceptors (Lipinski definition) is 6. The third-order valence-corrected chi connectivity index (χ3v) is 6.77. The highest BCUT2D eigenvalue weighted by molar-refractivity contribution is 7.92. The van der Waals surface area contributed by atoms with Crippen molar-refractivity contribution in [2.45, 2.75) is 4.90 Å². The molecule has 0 saturated carbocycles. The van der Waals surface area contributed by atoms with E-state index >= 15 is 0 Å². The van der Waals surface area contributed by atoms with Crippen LogP contribution in [0.25, 0.3) is 0 Å². The first kappa shape index (κ1) is 23.9. The Hall–Kier alpha value is -3.27. The second-order valence-electron chi connectivity index (χ2n) is 7.43. The summed E-state index contributed by atoms with van der Waals surface area (Å²) in [6, 6.07) is 17.7. The molecular formula is C24H23ClN2O6S. The number of morpholine rings is 1. The summed E-state index contributed by atoms with van der Waals surface area (Å²) in [5.74, 6) is 0.768. The van der Waals surface area contributed by atoms with Gasteiger partial charge in [-0.25, -0.2) is 8.42 Å². The molecule has 178 valence electrons. The van der Waals surface area contributed by atoms with E-state index in [-0.39, 0.29) is 33.6 Å². The van der Waals surface area contributed by atoms with E-state index in [1.807, 2.05) is 6.07 Å². The molecule has 0 aromatic heterocycles. The minimum atomic E-state index is -4.10. The quantitative estimate of drug-likeness (QED) is 0.514. The molecule has 3 aromatic carbocycles. The summed E-state index contributed by atoms with van der Waals surface area (Å²) in [4.78, 5) is 14.6. The summed E-state index contributed by atoms with van der Waals surface area (Å²) in [5.41, 5.74) is 0.312. The molecule has 0 spiro atoms. The monoisotopic (exact) mass is 502 g/mol. The number of sulfonamides is 1. The van der Waals surface area contributed by atoms with E-state index in [4.69, 9.17) is 25.8 Å². The average Bonchev–Trinajstić information content (AvgIpc) is 2.86. The maximum Gasteiger partial charge on any atom is 0.262 e. The molecule has 0 atom stereocenters. The number of halogens is 1. The normalized spacial score (nSPS) is 13.9. The number of rotatable bonds is 7. The molecule has 1 saturated heterocycles. The Morgan fingerprint density at radius 2 is 1.71 bits per heavy atom. The second kappa shape index (κ2) is 10.3. The average molecular weight is 503 g/mol. The van der Waals surface area contributed by atoms with Gasteiger partial charge in [-0.05, 0) is 48.5 Å². The van der Waals surface area contributed by atoms with Crippen molar-refractivity contribution in [3.05, 3.63) is 77.3 Å². The summed E-state index contributed by atoms with van der Waals surface area (Å²) in [7, 11) is -2.67. The van der Waals surface area contributed by atoms with Crippen LogP contribution in [0.15, 0.2) is 71.6 Å². The number of methoxy groups -OCH3 is 1. The highest BCUT2D eigenvalue weighted by atomic mass is 35.5. The fourth-order valence-electron chi connectivity index (χ4n) is 3.45. The van der Waals surface area contributed by atoms with Crippen molar-refractivity contribution in [3.63, 3.8) is 0 Å². The standard InChI is InChI=1S/C24H23ClN2O6S/c1-31-22-10-8-19(16-20(22)24(28)27-11-13-32-14-12-27)34(29,30)26-21-15-17(25)7-9-23(21)33-18-5-3-2-4-6-18/h2-10,15-16,26H,11-14H2,1H3. The molecule has 0 radical (unpaired) electrons. The first-order valence-electron chi connectivity index (χ1n) is 10.5. The molecule has 1 heterocycles. The van der Waals surface area contributed by atoms with Gasteiger partial charge in [0.1, 0.15) is 11.5 Å². The number of nitrogens with zero attached hydrogens (tertiary/aromatic N) is 1.